The molecule has 0 saturated heterocycles. The summed E-state index contributed by atoms with van der Waals surface area (Å²) in [6, 6.07) is 7.83. The van der Waals surface area contributed by atoms with Crippen LogP contribution in [0.25, 0.3) is 0 Å². The fraction of sp³-hybridized carbons (Fsp3) is 0.182. The van der Waals surface area contributed by atoms with Gasteiger partial charge in [-0.25, -0.2) is 4.98 Å². The highest BCUT2D eigenvalue weighted by atomic mass is 32.2. The number of benzene rings is 1. The summed E-state index contributed by atoms with van der Waals surface area (Å²) in [5, 5.41) is 16.3. The van der Waals surface area contributed by atoms with Gasteiger partial charge in [-0.05, 0) is 49.4 Å². The predicted octanol–water partition coefficient (Wildman–Crippen LogP) is 2.44. The Kier molecular flexibility index (Phi) is 2.93. The average molecular weight is 230 g/mol. The summed E-state index contributed by atoms with van der Waals surface area (Å²) >= 11 is 1.48. The van der Waals surface area contributed by atoms with E-state index in [9.17, 15) is 0 Å². The predicted molar refractivity (Wildman–Crippen MR) is 61.1 cm³/mol. The fourth-order valence-corrected chi connectivity index (χ4v) is 2.15. The van der Waals surface area contributed by atoms with Crippen LogP contribution in [0.2, 0.25) is 0 Å². The highest BCUT2D eigenvalue weighted by Gasteiger charge is 2.04. The van der Waals surface area contributed by atoms with Crippen LogP contribution in [0.5, 0.6) is 0 Å². The molecule has 1 heterocycles. The van der Waals surface area contributed by atoms with Crippen LogP contribution in [-0.2, 0) is 0 Å². The molecule has 4 nitrogen and oxygen atoms in total. The van der Waals surface area contributed by atoms with Crippen LogP contribution in [0.4, 0.5) is 0 Å². The molecule has 16 heavy (non-hydrogen) atoms. The maximum absolute atomic E-state index is 8.82. The maximum atomic E-state index is 8.82. The third-order valence-electron chi connectivity index (χ3n) is 2.10. The number of aromatic amines is 1. The van der Waals surface area contributed by atoms with Gasteiger partial charge in [0.1, 0.15) is 5.82 Å². The van der Waals surface area contributed by atoms with Crippen LogP contribution in [0.15, 0.2) is 28.3 Å². The number of aryl methyl sites for hydroxylation is 2. The van der Waals surface area contributed by atoms with E-state index in [-0.39, 0.29) is 0 Å². The second kappa shape index (κ2) is 4.37. The molecule has 0 bridgehead atoms. The van der Waals surface area contributed by atoms with E-state index < -0.39 is 0 Å². The second-order valence-corrected chi connectivity index (χ2v) is 4.43. The van der Waals surface area contributed by atoms with Crippen LogP contribution in [0.3, 0.4) is 0 Å². The highest BCUT2D eigenvalue weighted by Crippen LogP contribution is 2.26. The summed E-state index contributed by atoms with van der Waals surface area (Å²) in [6.45, 7) is 3.78. The number of aromatic nitrogens is 3. The van der Waals surface area contributed by atoms with Crippen LogP contribution in [0, 0.1) is 25.2 Å². The first-order valence-electron chi connectivity index (χ1n) is 4.76. The number of nitrogens with one attached hydrogen (secondary N) is 1. The highest BCUT2D eigenvalue weighted by molar-refractivity contribution is 7.99. The van der Waals surface area contributed by atoms with Gasteiger partial charge in [0, 0.05) is 4.90 Å². The molecule has 0 aliphatic heterocycles. The molecule has 2 rings (SSSR count). The zero-order valence-corrected chi connectivity index (χ0v) is 9.80. The Balaban J connectivity index is 2.23. The number of hydrogen-bond donors (Lipinski definition) is 1. The van der Waals surface area contributed by atoms with E-state index in [1.807, 2.05) is 32.0 Å². The van der Waals surface area contributed by atoms with Gasteiger partial charge in [-0.2, -0.15) is 5.26 Å². The molecule has 0 amide bonds. The summed E-state index contributed by atoms with van der Waals surface area (Å²) in [7, 11) is 0. The van der Waals surface area contributed by atoms with E-state index in [0.717, 1.165) is 16.3 Å². The molecular weight excluding hydrogens is 220 g/mol. The standard InChI is InChI=1S/C11H10N4S/c1-7-5-10(4-3-9(7)6-12)16-11-13-8(2)14-15-11/h3-5H,1-2H3,(H,13,14,15). The van der Waals surface area contributed by atoms with Gasteiger partial charge in [0.05, 0.1) is 11.6 Å². The van der Waals surface area contributed by atoms with Crippen LogP contribution < -0.4 is 0 Å². The molecule has 0 atom stereocenters. The van der Waals surface area contributed by atoms with Gasteiger partial charge >= 0.3 is 0 Å². The van der Waals surface area contributed by atoms with Crippen molar-refractivity contribution in [1.29, 1.82) is 5.26 Å². The minimum atomic E-state index is 0.696. The molecule has 1 N–H and O–H groups in total. The normalized spacial score (nSPS) is 10.1. The van der Waals surface area contributed by atoms with Gasteiger partial charge in [-0.15, -0.1) is 5.10 Å². The molecule has 0 spiro atoms. The van der Waals surface area contributed by atoms with Crippen LogP contribution >= 0.6 is 11.8 Å². The number of rotatable bonds is 2. The summed E-state index contributed by atoms with van der Waals surface area (Å²) in [5.74, 6) is 0.799. The van der Waals surface area contributed by atoms with Crippen molar-refractivity contribution in [3.8, 4) is 6.07 Å². The van der Waals surface area contributed by atoms with E-state index in [4.69, 9.17) is 5.26 Å². The SMILES string of the molecule is Cc1nc(Sc2ccc(C#N)c(C)c2)n[nH]1. The zero-order valence-electron chi connectivity index (χ0n) is 8.98. The summed E-state index contributed by atoms with van der Waals surface area (Å²) in [6.07, 6.45) is 0. The van der Waals surface area contributed by atoms with Crippen molar-refractivity contribution < 1.29 is 0 Å². The molecule has 1 aromatic carbocycles. The lowest BCUT2D eigenvalue weighted by Crippen LogP contribution is -1.83. The molecule has 1 aromatic heterocycles. The lowest BCUT2D eigenvalue weighted by molar-refractivity contribution is 0.969. The van der Waals surface area contributed by atoms with Crippen LogP contribution in [0.1, 0.15) is 17.0 Å². The lowest BCUT2D eigenvalue weighted by atomic mass is 10.1. The summed E-state index contributed by atoms with van der Waals surface area (Å²) in [4.78, 5) is 5.25. The summed E-state index contributed by atoms with van der Waals surface area (Å²) < 4.78 is 0. The molecule has 0 saturated carbocycles. The van der Waals surface area contributed by atoms with Gasteiger partial charge in [-0.1, -0.05) is 0 Å². The van der Waals surface area contributed by atoms with Crippen molar-refractivity contribution in [2.75, 3.05) is 0 Å². The Labute approximate surface area is 97.7 Å². The maximum Gasteiger partial charge on any atom is 0.213 e. The van der Waals surface area contributed by atoms with Gasteiger partial charge in [0.2, 0.25) is 5.16 Å². The van der Waals surface area contributed by atoms with Crippen molar-refractivity contribution in [2.24, 2.45) is 0 Å². The Morgan fingerprint density at radius 3 is 2.75 bits per heavy atom. The fourth-order valence-electron chi connectivity index (χ4n) is 1.30. The Morgan fingerprint density at radius 1 is 1.38 bits per heavy atom. The van der Waals surface area contributed by atoms with E-state index in [0.29, 0.717) is 10.7 Å². The first kappa shape index (κ1) is 10.7. The van der Waals surface area contributed by atoms with Gasteiger partial charge in [-0.3, -0.25) is 5.10 Å². The zero-order chi connectivity index (χ0) is 11.5. The lowest BCUT2D eigenvalue weighted by Gasteiger charge is -2.00. The minimum absolute atomic E-state index is 0.696. The number of hydrogen-bond acceptors (Lipinski definition) is 4. The monoisotopic (exact) mass is 230 g/mol. The van der Waals surface area contributed by atoms with E-state index in [1.54, 1.807) is 0 Å². The topological polar surface area (TPSA) is 65.4 Å². The van der Waals surface area contributed by atoms with E-state index >= 15 is 0 Å². The molecule has 5 heteroatoms. The van der Waals surface area contributed by atoms with Gasteiger partial charge < -0.3 is 0 Å². The van der Waals surface area contributed by atoms with Crippen molar-refractivity contribution in [3.63, 3.8) is 0 Å². The molecule has 0 fully saturated rings. The number of nitrogens with zero attached hydrogens (tertiary/aromatic N) is 3. The van der Waals surface area contributed by atoms with Gasteiger partial charge in [0.25, 0.3) is 0 Å². The number of H-pyrrole nitrogens is 1. The first-order chi connectivity index (χ1) is 7.69. The molecule has 2 aromatic rings. The minimum Gasteiger partial charge on any atom is -0.262 e. The molecule has 0 aliphatic rings. The average Bonchev–Trinajstić information content (AvgIpc) is 2.64. The van der Waals surface area contributed by atoms with E-state index in [1.165, 1.54) is 11.8 Å². The van der Waals surface area contributed by atoms with Crippen LogP contribution in [-0.4, -0.2) is 15.2 Å². The molecule has 80 valence electrons. The molecule has 0 unspecified atom stereocenters. The third-order valence-corrected chi connectivity index (χ3v) is 2.96. The van der Waals surface area contributed by atoms with Crippen molar-refractivity contribution in [3.05, 3.63) is 35.2 Å². The molecular formula is C11H10N4S. The second-order valence-electron chi connectivity index (χ2n) is 3.39. The van der Waals surface area contributed by atoms with Crippen molar-refractivity contribution in [1.82, 2.24) is 15.2 Å². The smallest absolute Gasteiger partial charge is 0.213 e. The number of nitriles is 1. The third kappa shape index (κ3) is 2.23. The largest absolute Gasteiger partial charge is 0.262 e. The first-order valence-corrected chi connectivity index (χ1v) is 5.58. The van der Waals surface area contributed by atoms with Gasteiger partial charge in [0.15, 0.2) is 0 Å². The Bertz CT molecular complexity index is 553. The Morgan fingerprint density at radius 2 is 2.19 bits per heavy atom. The quantitative estimate of drug-likeness (QED) is 0.860. The summed E-state index contributed by atoms with van der Waals surface area (Å²) in [5.41, 5.74) is 1.68. The molecule has 0 radical (unpaired) electrons. The van der Waals surface area contributed by atoms with Crippen molar-refractivity contribution in [2.45, 2.75) is 23.9 Å². The van der Waals surface area contributed by atoms with E-state index in [2.05, 4.69) is 21.3 Å². The molecule has 0 aliphatic carbocycles. The van der Waals surface area contributed by atoms with Crippen molar-refractivity contribution >= 4 is 11.8 Å². The Hall–Kier alpha value is -1.80.